The number of anilines is 3. The van der Waals surface area contributed by atoms with E-state index in [4.69, 9.17) is 4.74 Å². The second-order valence-corrected chi connectivity index (χ2v) is 12.7. The van der Waals surface area contributed by atoms with Gasteiger partial charge in [0.05, 0.1) is 29.5 Å². The van der Waals surface area contributed by atoms with Gasteiger partial charge < -0.3 is 14.2 Å². The number of nitrogens with zero attached hydrogens (tertiary/aromatic N) is 3. The molecule has 9 aromatic rings. The summed E-state index contributed by atoms with van der Waals surface area (Å²) in [5.74, 6) is 0.831. The molecule has 224 valence electrons. The summed E-state index contributed by atoms with van der Waals surface area (Å²) < 4.78 is 10.5. The summed E-state index contributed by atoms with van der Waals surface area (Å²) in [4.78, 5) is 6.94. The Morgan fingerprint density at radius 2 is 1.32 bits per heavy atom. The topological polar surface area (TPSA) is 30.3 Å². The molecule has 5 heteroatoms. The summed E-state index contributed by atoms with van der Waals surface area (Å²) in [5.41, 5.74) is 8.77. The van der Waals surface area contributed by atoms with Crippen molar-refractivity contribution < 1.29 is 4.74 Å². The molecule has 3 heterocycles. The lowest BCUT2D eigenvalue weighted by molar-refractivity contribution is 0.415. The highest BCUT2D eigenvalue weighted by atomic mass is 32.1. The first-order valence-corrected chi connectivity index (χ1v) is 16.5. The lowest BCUT2D eigenvalue weighted by Crippen LogP contribution is -2.10. The summed E-state index contributed by atoms with van der Waals surface area (Å²) in [6.45, 7) is 0. The summed E-state index contributed by atoms with van der Waals surface area (Å²) in [5, 5.41) is 4.95. The molecule has 0 unspecified atom stereocenters. The number of fused-ring (bicyclic) bond motifs is 6. The highest BCUT2D eigenvalue weighted by molar-refractivity contribution is 7.25. The fraction of sp³-hybridized carbons (Fsp3) is 0.0238. The number of hydrogen-bond donors (Lipinski definition) is 0. The van der Waals surface area contributed by atoms with Crippen LogP contribution in [0.1, 0.15) is 0 Å². The molecule has 0 amide bonds. The molecule has 4 nitrogen and oxygen atoms in total. The van der Waals surface area contributed by atoms with E-state index in [0.717, 1.165) is 50.8 Å². The van der Waals surface area contributed by atoms with Gasteiger partial charge >= 0.3 is 0 Å². The standard InChI is InChI=1S/C42H29N3OS/c1-46-32-23-20-29(21-24-32)44(31-22-25-41-35(27-31)33-9-3-5-15-40(33)47-41)38-13-8-14-39-42(38)34-10-2-4-12-37(34)45(39)30-18-16-28(17-19-30)36-11-6-7-26-43-36/h2-27H,1H3. The van der Waals surface area contributed by atoms with E-state index in [-0.39, 0.29) is 0 Å². The molecule has 0 spiro atoms. The van der Waals surface area contributed by atoms with Crippen molar-refractivity contribution in [1.29, 1.82) is 0 Å². The van der Waals surface area contributed by atoms with E-state index in [1.807, 2.05) is 47.9 Å². The van der Waals surface area contributed by atoms with Crippen molar-refractivity contribution >= 4 is 70.4 Å². The van der Waals surface area contributed by atoms with Crippen molar-refractivity contribution in [3.63, 3.8) is 0 Å². The number of thiophene rings is 1. The highest BCUT2D eigenvalue weighted by Gasteiger charge is 2.21. The first-order chi connectivity index (χ1) is 23.3. The van der Waals surface area contributed by atoms with E-state index in [0.29, 0.717) is 0 Å². The molecule has 6 aromatic carbocycles. The Balaban J connectivity index is 1.28. The smallest absolute Gasteiger partial charge is 0.119 e. The average Bonchev–Trinajstić information content (AvgIpc) is 3.68. The number of methoxy groups -OCH3 is 1. The van der Waals surface area contributed by atoms with Gasteiger partial charge in [0.25, 0.3) is 0 Å². The van der Waals surface area contributed by atoms with Gasteiger partial charge in [-0.15, -0.1) is 11.3 Å². The Hall–Kier alpha value is -5.91. The first kappa shape index (κ1) is 27.4. The number of rotatable bonds is 6. The quantitative estimate of drug-likeness (QED) is 0.185. The van der Waals surface area contributed by atoms with Crippen LogP contribution in [0, 0.1) is 0 Å². The third kappa shape index (κ3) is 4.55. The maximum absolute atomic E-state index is 5.55. The lowest BCUT2D eigenvalue weighted by atomic mass is 10.1. The van der Waals surface area contributed by atoms with Crippen LogP contribution in [0.25, 0.3) is 58.9 Å². The number of aromatic nitrogens is 2. The number of hydrogen-bond acceptors (Lipinski definition) is 4. The Bertz CT molecular complexity index is 2550. The minimum atomic E-state index is 0.831. The van der Waals surface area contributed by atoms with Crippen LogP contribution in [-0.2, 0) is 0 Å². The van der Waals surface area contributed by atoms with Crippen molar-refractivity contribution in [3.8, 4) is 22.7 Å². The van der Waals surface area contributed by atoms with Gasteiger partial charge in [-0.2, -0.15) is 0 Å². The number of benzene rings is 6. The van der Waals surface area contributed by atoms with Crippen LogP contribution in [0.15, 0.2) is 158 Å². The van der Waals surface area contributed by atoms with E-state index >= 15 is 0 Å². The third-order valence-electron chi connectivity index (χ3n) is 8.95. The van der Waals surface area contributed by atoms with Gasteiger partial charge in [0.2, 0.25) is 0 Å². The predicted octanol–water partition coefficient (Wildman–Crippen LogP) is 11.7. The number of ether oxygens (including phenoxy) is 1. The van der Waals surface area contributed by atoms with Crippen molar-refractivity contribution in [2.45, 2.75) is 0 Å². The second-order valence-electron chi connectivity index (χ2n) is 11.6. The van der Waals surface area contributed by atoms with Crippen molar-refractivity contribution in [2.24, 2.45) is 0 Å². The lowest BCUT2D eigenvalue weighted by Gasteiger charge is -2.27. The van der Waals surface area contributed by atoms with E-state index in [1.54, 1.807) is 7.11 Å². The zero-order valence-corrected chi connectivity index (χ0v) is 26.5. The number of para-hydroxylation sites is 1. The molecule has 0 aliphatic carbocycles. The normalized spacial score (nSPS) is 11.5. The van der Waals surface area contributed by atoms with E-state index < -0.39 is 0 Å². The SMILES string of the molecule is COc1ccc(N(c2ccc3sc4ccccc4c3c2)c2cccc3c2c2ccccc2n3-c2ccc(-c3ccccn3)cc2)cc1. The van der Waals surface area contributed by atoms with Gasteiger partial charge in [-0.1, -0.05) is 60.7 Å². The Labute approximate surface area is 276 Å². The van der Waals surface area contributed by atoms with Crippen LogP contribution in [0.4, 0.5) is 17.1 Å². The Morgan fingerprint density at radius 1 is 0.596 bits per heavy atom. The van der Waals surface area contributed by atoms with Gasteiger partial charge in [-0.25, -0.2) is 0 Å². The van der Waals surface area contributed by atoms with Crippen LogP contribution >= 0.6 is 11.3 Å². The average molecular weight is 624 g/mol. The third-order valence-corrected chi connectivity index (χ3v) is 10.1. The van der Waals surface area contributed by atoms with E-state index in [1.165, 1.54) is 30.9 Å². The maximum Gasteiger partial charge on any atom is 0.119 e. The van der Waals surface area contributed by atoms with Gasteiger partial charge in [0, 0.05) is 59.8 Å². The minimum Gasteiger partial charge on any atom is -0.497 e. The van der Waals surface area contributed by atoms with Crippen molar-refractivity contribution in [3.05, 3.63) is 158 Å². The monoisotopic (exact) mass is 623 g/mol. The van der Waals surface area contributed by atoms with Crippen LogP contribution in [0.5, 0.6) is 5.75 Å². The molecule has 0 atom stereocenters. The molecule has 0 saturated carbocycles. The molecule has 0 fully saturated rings. The number of pyridine rings is 1. The zero-order chi connectivity index (χ0) is 31.3. The first-order valence-electron chi connectivity index (χ1n) is 15.7. The van der Waals surface area contributed by atoms with Crippen LogP contribution in [-0.4, -0.2) is 16.7 Å². The van der Waals surface area contributed by atoms with Crippen molar-refractivity contribution in [1.82, 2.24) is 9.55 Å². The Kier molecular flexibility index (Phi) is 6.51. The molecule has 47 heavy (non-hydrogen) atoms. The summed E-state index contributed by atoms with van der Waals surface area (Å²) in [7, 11) is 1.71. The molecular formula is C42H29N3OS. The molecular weight excluding hydrogens is 595 g/mol. The zero-order valence-electron chi connectivity index (χ0n) is 25.7. The van der Waals surface area contributed by atoms with Gasteiger partial charge in [-0.3, -0.25) is 4.98 Å². The summed E-state index contributed by atoms with van der Waals surface area (Å²) in [6, 6.07) is 54.0. The fourth-order valence-corrected chi connectivity index (χ4v) is 7.88. The maximum atomic E-state index is 5.55. The van der Waals surface area contributed by atoms with Gasteiger partial charge in [-0.05, 0) is 91.0 Å². The van der Waals surface area contributed by atoms with Gasteiger partial charge in [0.15, 0.2) is 0 Å². The Morgan fingerprint density at radius 3 is 2.13 bits per heavy atom. The van der Waals surface area contributed by atoms with Crippen molar-refractivity contribution in [2.75, 3.05) is 12.0 Å². The predicted molar refractivity (Wildman–Crippen MR) is 198 cm³/mol. The molecule has 9 rings (SSSR count). The molecule has 0 aliphatic rings. The molecule has 3 aromatic heterocycles. The van der Waals surface area contributed by atoms with Gasteiger partial charge in [0.1, 0.15) is 5.75 Å². The van der Waals surface area contributed by atoms with Crippen LogP contribution in [0.2, 0.25) is 0 Å². The fourth-order valence-electron chi connectivity index (χ4n) is 6.79. The minimum absolute atomic E-state index is 0.831. The largest absolute Gasteiger partial charge is 0.497 e. The second kappa shape index (κ2) is 11.2. The summed E-state index contributed by atoms with van der Waals surface area (Å²) >= 11 is 1.84. The molecule has 0 aliphatic heterocycles. The van der Waals surface area contributed by atoms with Crippen LogP contribution < -0.4 is 9.64 Å². The molecule has 0 radical (unpaired) electrons. The van der Waals surface area contributed by atoms with E-state index in [2.05, 4.69) is 136 Å². The molecule has 0 saturated heterocycles. The van der Waals surface area contributed by atoms with E-state index in [9.17, 15) is 0 Å². The molecule has 0 bridgehead atoms. The highest BCUT2D eigenvalue weighted by Crippen LogP contribution is 2.45. The van der Waals surface area contributed by atoms with Crippen LogP contribution in [0.3, 0.4) is 0 Å². The summed E-state index contributed by atoms with van der Waals surface area (Å²) in [6.07, 6.45) is 1.84. The molecule has 0 N–H and O–H groups in total.